The van der Waals surface area contributed by atoms with E-state index in [1.807, 2.05) is 0 Å². The molecule has 0 saturated carbocycles. The molecule has 0 aromatic heterocycles. The van der Waals surface area contributed by atoms with Crippen LogP contribution < -0.4 is 5.32 Å². The number of rotatable bonds is 2. The molecule has 1 nitrogen and oxygen atoms in total. The zero-order valence-electron chi connectivity index (χ0n) is 10.1. The summed E-state index contributed by atoms with van der Waals surface area (Å²) < 4.78 is 1.24. The largest absolute Gasteiger partial charge is 0.317 e. The normalized spacial score (nSPS) is 17.7. The van der Waals surface area contributed by atoms with E-state index in [1.54, 1.807) is 0 Å². The first kappa shape index (κ1) is 12.1. The molecule has 16 heavy (non-hydrogen) atoms. The smallest absolute Gasteiger partial charge is 0.0207 e. The molecule has 0 bridgehead atoms. The van der Waals surface area contributed by atoms with E-state index >= 15 is 0 Å². The average Bonchev–Trinajstić information content (AvgIpc) is 2.31. The molecule has 88 valence electrons. The van der Waals surface area contributed by atoms with Crippen LogP contribution in [0.2, 0.25) is 0 Å². The third-order valence-corrected chi connectivity index (χ3v) is 4.66. The predicted octanol–water partition coefficient (Wildman–Crippen LogP) is 3.61. The van der Waals surface area contributed by atoms with Crippen LogP contribution in [0.15, 0.2) is 16.6 Å². The van der Waals surface area contributed by atoms with E-state index in [2.05, 4.69) is 47.2 Å². The zero-order chi connectivity index (χ0) is 11.5. The molecule has 1 aliphatic rings. The van der Waals surface area contributed by atoms with E-state index in [1.165, 1.54) is 53.5 Å². The molecule has 2 heteroatoms. The molecule has 1 aliphatic heterocycles. The Hall–Kier alpha value is -0.340. The lowest BCUT2D eigenvalue weighted by molar-refractivity contribution is 0.372. The summed E-state index contributed by atoms with van der Waals surface area (Å²) >= 11 is 3.60. The van der Waals surface area contributed by atoms with Gasteiger partial charge in [0, 0.05) is 4.47 Å². The predicted molar refractivity (Wildman–Crippen MR) is 72.9 cm³/mol. The molecule has 2 rings (SSSR count). The van der Waals surface area contributed by atoms with Crippen molar-refractivity contribution in [3.63, 3.8) is 0 Å². The van der Waals surface area contributed by atoms with Gasteiger partial charge in [-0.05, 0) is 74.9 Å². The van der Waals surface area contributed by atoms with Crippen molar-refractivity contribution in [2.75, 3.05) is 13.1 Å². The lowest BCUT2D eigenvalue weighted by atomic mass is 9.88. The zero-order valence-corrected chi connectivity index (χ0v) is 11.7. The molecule has 1 saturated heterocycles. The van der Waals surface area contributed by atoms with Crippen LogP contribution in [0.4, 0.5) is 0 Å². The second kappa shape index (κ2) is 5.33. The summed E-state index contributed by atoms with van der Waals surface area (Å²) in [5.74, 6) is 0.875. The molecular weight excluding hydrogens is 262 g/mol. The second-order valence-corrected chi connectivity index (χ2v) is 5.71. The van der Waals surface area contributed by atoms with E-state index < -0.39 is 0 Å². The maximum Gasteiger partial charge on any atom is 0.0207 e. The van der Waals surface area contributed by atoms with Crippen molar-refractivity contribution >= 4 is 15.9 Å². The summed E-state index contributed by atoms with van der Waals surface area (Å²) in [6.07, 6.45) is 3.91. The third-order valence-electron chi connectivity index (χ3n) is 3.80. The summed E-state index contributed by atoms with van der Waals surface area (Å²) in [5.41, 5.74) is 4.40. The van der Waals surface area contributed by atoms with Gasteiger partial charge in [0.25, 0.3) is 0 Å². The first-order chi connectivity index (χ1) is 7.68. The molecule has 0 atom stereocenters. The molecular formula is C14H20BrN. The molecule has 1 fully saturated rings. The molecule has 1 heterocycles. The standard InChI is InChI=1S/C14H20BrN/c1-10-11(2)14(15)4-3-13(10)9-12-5-7-16-8-6-12/h3-4,12,16H,5-9H2,1-2H3. The molecule has 0 spiro atoms. The van der Waals surface area contributed by atoms with Gasteiger partial charge in [-0.2, -0.15) is 0 Å². The van der Waals surface area contributed by atoms with Gasteiger partial charge in [-0.3, -0.25) is 0 Å². The minimum absolute atomic E-state index is 0.875. The topological polar surface area (TPSA) is 12.0 Å². The van der Waals surface area contributed by atoms with Gasteiger partial charge < -0.3 is 5.32 Å². The van der Waals surface area contributed by atoms with Gasteiger partial charge in [-0.15, -0.1) is 0 Å². The van der Waals surface area contributed by atoms with E-state index in [0.717, 1.165) is 5.92 Å². The Morgan fingerprint density at radius 3 is 2.56 bits per heavy atom. The highest BCUT2D eigenvalue weighted by molar-refractivity contribution is 9.10. The van der Waals surface area contributed by atoms with Gasteiger partial charge in [-0.25, -0.2) is 0 Å². The van der Waals surface area contributed by atoms with E-state index in [9.17, 15) is 0 Å². The van der Waals surface area contributed by atoms with Crippen molar-refractivity contribution in [3.05, 3.63) is 33.3 Å². The van der Waals surface area contributed by atoms with Crippen molar-refractivity contribution in [2.24, 2.45) is 5.92 Å². The Balaban J connectivity index is 2.11. The summed E-state index contributed by atoms with van der Waals surface area (Å²) in [6, 6.07) is 4.48. The SMILES string of the molecule is Cc1c(Br)ccc(CC2CCNCC2)c1C. The van der Waals surface area contributed by atoms with Gasteiger partial charge in [0.05, 0.1) is 0 Å². The average molecular weight is 282 g/mol. The first-order valence-corrected chi connectivity index (χ1v) is 6.93. The Labute approximate surface area is 107 Å². The Morgan fingerprint density at radius 1 is 1.19 bits per heavy atom. The molecule has 0 amide bonds. The Kier molecular flexibility index (Phi) is 4.04. The van der Waals surface area contributed by atoms with Crippen LogP contribution in [-0.2, 0) is 6.42 Å². The van der Waals surface area contributed by atoms with Crippen LogP contribution in [-0.4, -0.2) is 13.1 Å². The van der Waals surface area contributed by atoms with Gasteiger partial charge in [0.1, 0.15) is 0 Å². The minimum Gasteiger partial charge on any atom is -0.317 e. The molecule has 1 aromatic rings. The number of hydrogen-bond acceptors (Lipinski definition) is 1. The van der Waals surface area contributed by atoms with Crippen LogP contribution in [0.25, 0.3) is 0 Å². The van der Waals surface area contributed by atoms with Gasteiger partial charge in [0.2, 0.25) is 0 Å². The number of piperidine rings is 1. The lowest BCUT2D eigenvalue weighted by Gasteiger charge is -2.23. The summed E-state index contributed by atoms with van der Waals surface area (Å²) in [4.78, 5) is 0. The van der Waals surface area contributed by atoms with E-state index in [0.29, 0.717) is 0 Å². The minimum atomic E-state index is 0.875. The van der Waals surface area contributed by atoms with Crippen molar-refractivity contribution in [1.82, 2.24) is 5.32 Å². The maximum absolute atomic E-state index is 3.60. The van der Waals surface area contributed by atoms with Crippen molar-refractivity contribution in [2.45, 2.75) is 33.1 Å². The summed E-state index contributed by atoms with van der Waals surface area (Å²) in [6.45, 7) is 6.83. The van der Waals surface area contributed by atoms with Crippen LogP contribution in [0.5, 0.6) is 0 Å². The Bertz CT molecular complexity index is 367. The van der Waals surface area contributed by atoms with Gasteiger partial charge in [-0.1, -0.05) is 22.0 Å². The molecule has 0 aliphatic carbocycles. The Morgan fingerprint density at radius 2 is 1.88 bits per heavy atom. The number of halogens is 1. The van der Waals surface area contributed by atoms with Crippen molar-refractivity contribution in [3.8, 4) is 0 Å². The fourth-order valence-electron chi connectivity index (χ4n) is 2.46. The van der Waals surface area contributed by atoms with Crippen LogP contribution in [0.1, 0.15) is 29.5 Å². The quantitative estimate of drug-likeness (QED) is 0.873. The van der Waals surface area contributed by atoms with E-state index in [4.69, 9.17) is 0 Å². The van der Waals surface area contributed by atoms with Gasteiger partial charge in [0.15, 0.2) is 0 Å². The third kappa shape index (κ3) is 2.67. The summed E-state index contributed by atoms with van der Waals surface area (Å²) in [5, 5.41) is 3.43. The fraction of sp³-hybridized carbons (Fsp3) is 0.571. The number of nitrogens with one attached hydrogen (secondary N) is 1. The lowest BCUT2D eigenvalue weighted by Crippen LogP contribution is -2.28. The highest BCUT2D eigenvalue weighted by Gasteiger charge is 2.15. The molecule has 1 aromatic carbocycles. The van der Waals surface area contributed by atoms with E-state index in [-0.39, 0.29) is 0 Å². The van der Waals surface area contributed by atoms with Gasteiger partial charge >= 0.3 is 0 Å². The van der Waals surface area contributed by atoms with Crippen molar-refractivity contribution < 1.29 is 0 Å². The van der Waals surface area contributed by atoms with Crippen LogP contribution >= 0.6 is 15.9 Å². The highest BCUT2D eigenvalue weighted by Crippen LogP contribution is 2.26. The number of hydrogen-bond donors (Lipinski definition) is 1. The van der Waals surface area contributed by atoms with Crippen LogP contribution in [0.3, 0.4) is 0 Å². The maximum atomic E-state index is 3.60. The molecule has 0 unspecified atom stereocenters. The first-order valence-electron chi connectivity index (χ1n) is 6.14. The molecule has 0 radical (unpaired) electrons. The molecule has 1 N–H and O–H groups in total. The second-order valence-electron chi connectivity index (χ2n) is 4.85. The fourth-order valence-corrected chi connectivity index (χ4v) is 2.89. The summed E-state index contributed by atoms with van der Waals surface area (Å²) in [7, 11) is 0. The van der Waals surface area contributed by atoms with Crippen LogP contribution in [0, 0.1) is 19.8 Å². The van der Waals surface area contributed by atoms with Crippen molar-refractivity contribution in [1.29, 1.82) is 0 Å². The number of benzene rings is 1. The monoisotopic (exact) mass is 281 g/mol. The highest BCUT2D eigenvalue weighted by atomic mass is 79.9.